The molecule has 0 radical (unpaired) electrons. The molecule has 3 nitrogen and oxygen atoms in total. The number of hydrogen-bond donors (Lipinski definition) is 1. The zero-order valence-corrected chi connectivity index (χ0v) is 10.4. The van der Waals surface area contributed by atoms with Gasteiger partial charge < -0.3 is 5.73 Å². The molecule has 1 atom stereocenters. The summed E-state index contributed by atoms with van der Waals surface area (Å²) in [5.41, 5.74) is 6.02. The molecule has 15 heavy (non-hydrogen) atoms. The predicted octanol–water partition coefficient (Wildman–Crippen LogP) is 1.72. The number of nitrogens with two attached hydrogens (primary N) is 1. The van der Waals surface area contributed by atoms with Crippen molar-refractivity contribution >= 4 is 9.84 Å². The van der Waals surface area contributed by atoms with Gasteiger partial charge in [0.2, 0.25) is 0 Å². The molecule has 0 heterocycles. The van der Waals surface area contributed by atoms with E-state index in [2.05, 4.69) is 0 Å². The van der Waals surface area contributed by atoms with Crippen molar-refractivity contribution < 1.29 is 8.42 Å². The van der Waals surface area contributed by atoms with Crippen molar-refractivity contribution in [3.05, 3.63) is 0 Å². The molecule has 0 aromatic heterocycles. The van der Waals surface area contributed by atoms with E-state index in [1.807, 2.05) is 6.92 Å². The topological polar surface area (TPSA) is 60.2 Å². The van der Waals surface area contributed by atoms with E-state index in [-0.39, 0.29) is 11.8 Å². The first kappa shape index (κ1) is 13.0. The molecule has 4 heteroatoms. The maximum absolute atomic E-state index is 11.5. The Morgan fingerprint density at radius 1 is 1.27 bits per heavy atom. The predicted molar refractivity (Wildman–Crippen MR) is 63.5 cm³/mol. The summed E-state index contributed by atoms with van der Waals surface area (Å²) in [6.07, 6.45) is 6.26. The molecule has 0 amide bonds. The second-order valence-corrected chi connectivity index (χ2v) is 6.95. The van der Waals surface area contributed by atoms with Gasteiger partial charge in [-0.2, -0.15) is 0 Å². The molecule has 0 aliphatic heterocycles. The van der Waals surface area contributed by atoms with Crippen molar-refractivity contribution in [1.29, 1.82) is 0 Å². The van der Waals surface area contributed by atoms with Gasteiger partial charge in [0.1, 0.15) is 9.84 Å². The third-order valence-electron chi connectivity index (χ3n) is 3.28. The molecule has 0 spiro atoms. The molecule has 1 saturated carbocycles. The van der Waals surface area contributed by atoms with Gasteiger partial charge in [0.25, 0.3) is 0 Å². The van der Waals surface area contributed by atoms with Crippen LogP contribution in [0.5, 0.6) is 0 Å². The second kappa shape index (κ2) is 5.85. The molecular weight excluding hydrogens is 210 g/mol. The highest BCUT2D eigenvalue weighted by molar-refractivity contribution is 7.91. The van der Waals surface area contributed by atoms with Gasteiger partial charge in [-0.05, 0) is 31.6 Å². The van der Waals surface area contributed by atoms with E-state index in [9.17, 15) is 8.42 Å². The van der Waals surface area contributed by atoms with Crippen molar-refractivity contribution in [2.45, 2.75) is 51.5 Å². The Labute approximate surface area is 93.3 Å². The van der Waals surface area contributed by atoms with Gasteiger partial charge in [0.15, 0.2) is 0 Å². The molecule has 1 fully saturated rings. The SMILES string of the molecule is CCCS(=O)(=O)CCC(N)C1CCCC1. The summed E-state index contributed by atoms with van der Waals surface area (Å²) in [4.78, 5) is 0. The van der Waals surface area contributed by atoms with Crippen molar-refractivity contribution in [3.8, 4) is 0 Å². The highest BCUT2D eigenvalue weighted by Crippen LogP contribution is 2.28. The molecule has 1 aliphatic carbocycles. The second-order valence-electron chi connectivity index (χ2n) is 4.65. The minimum absolute atomic E-state index is 0.0964. The Kier molecular flexibility index (Phi) is 5.06. The van der Waals surface area contributed by atoms with Crippen LogP contribution >= 0.6 is 0 Å². The van der Waals surface area contributed by atoms with Crippen LogP contribution in [0, 0.1) is 5.92 Å². The largest absolute Gasteiger partial charge is 0.327 e. The first-order valence-corrected chi connectivity index (χ1v) is 7.83. The van der Waals surface area contributed by atoms with E-state index in [0.717, 1.165) is 0 Å². The average Bonchev–Trinajstić information content (AvgIpc) is 2.67. The van der Waals surface area contributed by atoms with Gasteiger partial charge in [-0.3, -0.25) is 0 Å². The molecule has 0 aromatic rings. The van der Waals surface area contributed by atoms with Crippen LogP contribution in [0.15, 0.2) is 0 Å². The Morgan fingerprint density at radius 2 is 1.87 bits per heavy atom. The summed E-state index contributed by atoms with van der Waals surface area (Å²) in [6.45, 7) is 1.90. The summed E-state index contributed by atoms with van der Waals surface area (Å²) in [5, 5.41) is 0. The summed E-state index contributed by atoms with van der Waals surface area (Å²) in [6, 6.07) is 0.0964. The standard InChI is InChI=1S/C11H23NO2S/c1-2-8-15(13,14)9-7-11(12)10-5-3-4-6-10/h10-11H,2-9,12H2,1H3. The highest BCUT2D eigenvalue weighted by Gasteiger charge is 2.23. The van der Waals surface area contributed by atoms with Crippen LogP contribution in [0.1, 0.15) is 45.4 Å². The van der Waals surface area contributed by atoms with E-state index in [4.69, 9.17) is 5.73 Å². The van der Waals surface area contributed by atoms with Crippen molar-refractivity contribution in [2.24, 2.45) is 11.7 Å². The fraction of sp³-hybridized carbons (Fsp3) is 1.00. The van der Waals surface area contributed by atoms with Gasteiger partial charge in [-0.25, -0.2) is 8.42 Å². The maximum atomic E-state index is 11.5. The lowest BCUT2D eigenvalue weighted by molar-refractivity contribution is 0.421. The summed E-state index contributed by atoms with van der Waals surface area (Å²) >= 11 is 0. The Morgan fingerprint density at radius 3 is 2.40 bits per heavy atom. The molecule has 0 aromatic carbocycles. The van der Waals surface area contributed by atoms with Gasteiger partial charge >= 0.3 is 0 Å². The quantitative estimate of drug-likeness (QED) is 0.760. The summed E-state index contributed by atoms with van der Waals surface area (Å²) < 4.78 is 23.0. The fourth-order valence-corrected chi connectivity index (χ4v) is 3.81. The van der Waals surface area contributed by atoms with Gasteiger partial charge in [0, 0.05) is 11.8 Å². The van der Waals surface area contributed by atoms with Crippen LogP contribution in [0.3, 0.4) is 0 Å². The summed E-state index contributed by atoms with van der Waals surface area (Å²) in [5.74, 6) is 1.16. The Bertz CT molecular complexity index is 268. The first-order valence-electron chi connectivity index (χ1n) is 6.01. The first-order chi connectivity index (χ1) is 7.05. The van der Waals surface area contributed by atoms with E-state index in [0.29, 0.717) is 24.5 Å². The molecule has 0 saturated heterocycles. The average molecular weight is 233 g/mol. The molecule has 0 bridgehead atoms. The molecule has 1 rings (SSSR count). The smallest absolute Gasteiger partial charge is 0.150 e. The zero-order chi connectivity index (χ0) is 11.3. The Balaban J connectivity index is 2.29. The van der Waals surface area contributed by atoms with Gasteiger partial charge in [0.05, 0.1) is 5.75 Å². The van der Waals surface area contributed by atoms with Crippen molar-refractivity contribution in [1.82, 2.24) is 0 Å². The van der Waals surface area contributed by atoms with Crippen LogP contribution in [0.4, 0.5) is 0 Å². The lowest BCUT2D eigenvalue weighted by Crippen LogP contribution is -2.31. The van der Waals surface area contributed by atoms with Crippen molar-refractivity contribution in [3.63, 3.8) is 0 Å². The molecular formula is C11H23NO2S. The van der Waals surface area contributed by atoms with E-state index in [1.54, 1.807) is 0 Å². The molecule has 90 valence electrons. The van der Waals surface area contributed by atoms with Crippen LogP contribution in [0.2, 0.25) is 0 Å². The van der Waals surface area contributed by atoms with Crippen molar-refractivity contribution in [2.75, 3.05) is 11.5 Å². The van der Waals surface area contributed by atoms with E-state index >= 15 is 0 Å². The monoisotopic (exact) mass is 233 g/mol. The highest BCUT2D eigenvalue weighted by atomic mass is 32.2. The molecule has 1 unspecified atom stereocenters. The van der Waals surface area contributed by atoms with E-state index in [1.165, 1.54) is 25.7 Å². The van der Waals surface area contributed by atoms with Crippen LogP contribution in [-0.2, 0) is 9.84 Å². The van der Waals surface area contributed by atoms with Crippen LogP contribution in [0.25, 0.3) is 0 Å². The summed E-state index contributed by atoms with van der Waals surface area (Å²) in [7, 11) is -2.84. The fourth-order valence-electron chi connectivity index (χ4n) is 2.35. The number of rotatable bonds is 6. The van der Waals surface area contributed by atoms with E-state index < -0.39 is 9.84 Å². The van der Waals surface area contributed by atoms with Gasteiger partial charge in [-0.1, -0.05) is 19.8 Å². The number of hydrogen-bond acceptors (Lipinski definition) is 3. The third kappa shape index (κ3) is 4.51. The third-order valence-corrected chi connectivity index (χ3v) is 5.17. The van der Waals surface area contributed by atoms with Crippen LogP contribution in [-0.4, -0.2) is 26.0 Å². The lowest BCUT2D eigenvalue weighted by Gasteiger charge is -2.18. The lowest BCUT2D eigenvalue weighted by atomic mass is 9.97. The van der Waals surface area contributed by atoms with Crippen LogP contribution < -0.4 is 5.73 Å². The molecule has 2 N–H and O–H groups in total. The normalized spacial score (nSPS) is 20.7. The van der Waals surface area contributed by atoms with Gasteiger partial charge in [-0.15, -0.1) is 0 Å². The molecule has 1 aliphatic rings. The zero-order valence-electron chi connectivity index (χ0n) is 9.61. The Hall–Kier alpha value is -0.0900. The minimum Gasteiger partial charge on any atom is -0.327 e. The minimum atomic E-state index is -2.84. The maximum Gasteiger partial charge on any atom is 0.150 e. The number of sulfone groups is 1.